The molecule has 1 aromatic carbocycles. The Hall–Kier alpha value is -3.40. The number of halogens is 3. The minimum atomic E-state index is -4.57. The van der Waals surface area contributed by atoms with Crippen LogP contribution in [0.2, 0.25) is 0 Å². The molecule has 0 saturated heterocycles. The first kappa shape index (κ1) is 20.5. The summed E-state index contributed by atoms with van der Waals surface area (Å²) in [7, 11) is 0. The van der Waals surface area contributed by atoms with Gasteiger partial charge in [-0.2, -0.15) is 18.3 Å². The highest BCUT2D eigenvalue weighted by Gasteiger charge is 2.41. The number of rotatable bonds is 3. The Balaban J connectivity index is 1.51. The lowest BCUT2D eigenvalue weighted by Crippen LogP contribution is -2.12. The van der Waals surface area contributed by atoms with Crippen molar-refractivity contribution in [1.29, 1.82) is 0 Å². The summed E-state index contributed by atoms with van der Waals surface area (Å²) in [6.45, 7) is 3.78. The van der Waals surface area contributed by atoms with Gasteiger partial charge in [-0.05, 0) is 50.6 Å². The summed E-state index contributed by atoms with van der Waals surface area (Å²) in [5, 5.41) is 7.15. The molecule has 0 bridgehead atoms. The third kappa shape index (κ3) is 3.40. The molecule has 32 heavy (non-hydrogen) atoms. The average molecular weight is 458 g/mol. The van der Waals surface area contributed by atoms with Gasteiger partial charge in [0, 0.05) is 28.0 Å². The molecule has 1 aliphatic carbocycles. The monoisotopic (exact) mass is 458 g/mol. The summed E-state index contributed by atoms with van der Waals surface area (Å²) < 4.78 is 47.7. The molecule has 0 atom stereocenters. The molecule has 1 aliphatic rings. The van der Waals surface area contributed by atoms with Crippen LogP contribution in [-0.2, 0) is 19.0 Å². The highest BCUT2D eigenvalue weighted by atomic mass is 32.1. The Kier molecular flexibility index (Phi) is 4.70. The van der Waals surface area contributed by atoms with Crippen molar-refractivity contribution in [2.45, 2.75) is 32.9 Å². The number of aryl methyl sites for hydroxylation is 3. The number of thiazole rings is 1. The number of nitrogens with zero attached hydrogens (tertiary/aromatic N) is 3. The fourth-order valence-corrected chi connectivity index (χ4v) is 4.62. The van der Waals surface area contributed by atoms with Gasteiger partial charge in [0.15, 0.2) is 10.8 Å². The summed E-state index contributed by atoms with van der Waals surface area (Å²) in [6, 6.07) is 7.92. The number of aromatic nitrogens is 3. The van der Waals surface area contributed by atoms with Crippen LogP contribution in [0.3, 0.4) is 0 Å². The van der Waals surface area contributed by atoms with Crippen LogP contribution < -0.4 is 5.32 Å². The van der Waals surface area contributed by atoms with E-state index in [1.165, 1.54) is 22.3 Å². The molecule has 3 heterocycles. The molecule has 10 heteroatoms. The predicted octanol–water partition coefficient (Wildman–Crippen LogP) is 5.58. The van der Waals surface area contributed by atoms with E-state index in [0.717, 1.165) is 10.6 Å². The lowest BCUT2D eigenvalue weighted by atomic mass is 9.94. The molecule has 4 aromatic rings. The first-order valence-electron chi connectivity index (χ1n) is 9.84. The van der Waals surface area contributed by atoms with Crippen LogP contribution in [0.15, 0.2) is 41.0 Å². The van der Waals surface area contributed by atoms with E-state index in [0.29, 0.717) is 39.8 Å². The fraction of sp³-hybridized carbons (Fsp3) is 0.227. The van der Waals surface area contributed by atoms with Gasteiger partial charge in [-0.3, -0.25) is 10.1 Å². The van der Waals surface area contributed by atoms with Gasteiger partial charge in [0.25, 0.3) is 5.91 Å². The Morgan fingerprint density at radius 2 is 1.91 bits per heavy atom. The second-order valence-corrected chi connectivity index (χ2v) is 8.71. The quantitative estimate of drug-likeness (QED) is 0.435. The smallest absolute Gasteiger partial charge is 0.435 e. The van der Waals surface area contributed by atoms with Crippen LogP contribution in [0.4, 0.5) is 18.3 Å². The standard InChI is InChI=1S/C22H17F3N4O2S/c1-11-12(2)32-21(26-11)27-20(30)13-3-5-14(6-4-13)29-18-15-9-10-31-17(15)8-7-16(18)19(28-29)22(23,24)25/h3-6,9-10H,7-8H2,1-2H3,(H,26,27,30). The van der Waals surface area contributed by atoms with Crippen LogP contribution in [0.25, 0.3) is 16.9 Å². The van der Waals surface area contributed by atoms with E-state index in [1.54, 1.807) is 30.3 Å². The number of benzene rings is 1. The lowest BCUT2D eigenvalue weighted by molar-refractivity contribution is -0.142. The van der Waals surface area contributed by atoms with E-state index in [4.69, 9.17) is 4.42 Å². The molecule has 0 aliphatic heterocycles. The zero-order valence-electron chi connectivity index (χ0n) is 17.1. The first-order chi connectivity index (χ1) is 15.2. The SMILES string of the molecule is Cc1nc(NC(=O)c2ccc(-n3nc(C(F)(F)F)c4c3-c3ccoc3CC4)cc2)sc1C. The van der Waals surface area contributed by atoms with Crippen molar-refractivity contribution in [3.8, 4) is 16.9 Å². The van der Waals surface area contributed by atoms with Crippen LogP contribution in [0.5, 0.6) is 0 Å². The molecule has 6 nitrogen and oxygen atoms in total. The molecule has 0 fully saturated rings. The van der Waals surface area contributed by atoms with Crippen molar-refractivity contribution in [2.75, 3.05) is 5.32 Å². The van der Waals surface area contributed by atoms with E-state index < -0.39 is 11.9 Å². The largest absolute Gasteiger partial charge is 0.469 e. The number of carbonyl (C=O) groups excluding carboxylic acids is 1. The molecule has 0 spiro atoms. The minimum absolute atomic E-state index is 0.155. The van der Waals surface area contributed by atoms with E-state index in [-0.39, 0.29) is 17.9 Å². The third-order valence-corrected chi connectivity index (χ3v) is 6.47. The Labute approximate surface area is 184 Å². The molecule has 3 aromatic heterocycles. The van der Waals surface area contributed by atoms with Crippen LogP contribution in [-0.4, -0.2) is 20.7 Å². The Bertz CT molecular complexity index is 1310. The molecule has 0 unspecified atom stereocenters. The van der Waals surface area contributed by atoms with Crippen molar-refractivity contribution >= 4 is 22.4 Å². The number of hydrogen-bond acceptors (Lipinski definition) is 5. The number of fused-ring (bicyclic) bond motifs is 3. The summed E-state index contributed by atoms with van der Waals surface area (Å²) in [4.78, 5) is 17.9. The maximum absolute atomic E-state index is 13.7. The maximum atomic E-state index is 13.7. The second-order valence-electron chi connectivity index (χ2n) is 7.50. The van der Waals surface area contributed by atoms with Gasteiger partial charge < -0.3 is 4.42 Å². The molecular formula is C22H17F3N4O2S. The van der Waals surface area contributed by atoms with Crippen LogP contribution >= 0.6 is 11.3 Å². The molecule has 5 rings (SSSR count). The topological polar surface area (TPSA) is 73.0 Å². The van der Waals surface area contributed by atoms with Crippen LogP contribution in [0, 0.1) is 13.8 Å². The summed E-state index contributed by atoms with van der Waals surface area (Å²) >= 11 is 1.38. The summed E-state index contributed by atoms with van der Waals surface area (Å²) in [5.41, 5.74) is 1.87. The number of alkyl halides is 3. The Morgan fingerprint density at radius 3 is 2.56 bits per heavy atom. The molecule has 1 N–H and O–H groups in total. The summed E-state index contributed by atoms with van der Waals surface area (Å²) in [5.74, 6) is 0.290. The summed E-state index contributed by atoms with van der Waals surface area (Å²) in [6.07, 6.45) is -2.52. The predicted molar refractivity (Wildman–Crippen MR) is 113 cm³/mol. The highest BCUT2D eigenvalue weighted by Crippen LogP contribution is 2.42. The molecule has 0 radical (unpaired) electrons. The van der Waals surface area contributed by atoms with Crippen molar-refractivity contribution in [1.82, 2.24) is 14.8 Å². The molecule has 164 valence electrons. The van der Waals surface area contributed by atoms with Crippen molar-refractivity contribution in [2.24, 2.45) is 0 Å². The zero-order chi connectivity index (χ0) is 22.6. The number of hydrogen-bond donors (Lipinski definition) is 1. The normalized spacial score (nSPS) is 13.0. The zero-order valence-corrected chi connectivity index (χ0v) is 17.9. The number of anilines is 1. The van der Waals surface area contributed by atoms with E-state index in [9.17, 15) is 18.0 Å². The number of nitrogens with one attached hydrogen (secondary N) is 1. The van der Waals surface area contributed by atoms with Crippen molar-refractivity contribution in [3.63, 3.8) is 0 Å². The van der Waals surface area contributed by atoms with Gasteiger partial charge in [-0.15, -0.1) is 11.3 Å². The number of amides is 1. The number of furan rings is 1. The third-order valence-electron chi connectivity index (χ3n) is 5.48. The van der Waals surface area contributed by atoms with E-state index in [1.807, 2.05) is 13.8 Å². The van der Waals surface area contributed by atoms with Crippen molar-refractivity contribution < 1.29 is 22.4 Å². The first-order valence-corrected chi connectivity index (χ1v) is 10.7. The van der Waals surface area contributed by atoms with Gasteiger partial charge in [-0.1, -0.05) is 0 Å². The second kappa shape index (κ2) is 7.33. The lowest BCUT2D eigenvalue weighted by Gasteiger charge is -2.15. The molecular weight excluding hydrogens is 441 g/mol. The van der Waals surface area contributed by atoms with Gasteiger partial charge in [0.1, 0.15) is 5.76 Å². The highest BCUT2D eigenvalue weighted by molar-refractivity contribution is 7.15. The van der Waals surface area contributed by atoms with Gasteiger partial charge in [0.05, 0.1) is 23.3 Å². The van der Waals surface area contributed by atoms with E-state index >= 15 is 0 Å². The molecule has 1 amide bonds. The van der Waals surface area contributed by atoms with Gasteiger partial charge in [0.2, 0.25) is 0 Å². The van der Waals surface area contributed by atoms with E-state index in [2.05, 4.69) is 15.4 Å². The average Bonchev–Trinajstić information content (AvgIpc) is 3.44. The van der Waals surface area contributed by atoms with Crippen LogP contribution in [0.1, 0.15) is 37.9 Å². The maximum Gasteiger partial charge on any atom is 0.435 e. The molecule has 0 saturated carbocycles. The minimum Gasteiger partial charge on any atom is -0.469 e. The fourth-order valence-electron chi connectivity index (χ4n) is 3.81. The van der Waals surface area contributed by atoms with Gasteiger partial charge in [-0.25, -0.2) is 9.67 Å². The number of carbonyl (C=O) groups is 1. The van der Waals surface area contributed by atoms with Gasteiger partial charge >= 0.3 is 6.18 Å². The van der Waals surface area contributed by atoms with Crippen molar-refractivity contribution in [3.05, 3.63) is 69.7 Å². The Morgan fingerprint density at radius 1 is 1.16 bits per heavy atom.